The van der Waals surface area contributed by atoms with Crippen molar-refractivity contribution in [2.75, 3.05) is 0 Å². The highest BCUT2D eigenvalue weighted by molar-refractivity contribution is 5.80. The molecule has 0 unspecified atom stereocenters. The highest BCUT2D eigenvalue weighted by Gasteiger charge is 2.16. The predicted molar refractivity (Wildman–Crippen MR) is 84.8 cm³/mol. The minimum absolute atomic E-state index is 0.179. The van der Waals surface area contributed by atoms with Crippen LogP contribution in [0.1, 0.15) is 18.1 Å². The van der Waals surface area contributed by atoms with Gasteiger partial charge in [-0.1, -0.05) is 0 Å². The molecule has 0 saturated heterocycles. The summed E-state index contributed by atoms with van der Waals surface area (Å²) in [4.78, 5) is 42.4. The zero-order valence-corrected chi connectivity index (χ0v) is 13.2. The van der Waals surface area contributed by atoms with Crippen LogP contribution in [0, 0.1) is 13.8 Å². The highest BCUT2D eigenvalue weighted by Crippen LogP contribution is 2.22. The van der Waals surface area contributed by atoms with Gasteiger partial charge >= 0.3 is 5.69 Å². The predicted octanol–water partition coefficient (Wildman–Crippen LogP) is 0.829. The third-order valence-electron chi connectivity index (χ3n) is 3.36. The van der Waals surface area contributed by atoms with Gasteiger partial charge in [0.05, 0.1) is 11.0 Å². The van der Waals surface area contributed by atoms with Gasteiger partial charge in [0.15, 0.2) is 11.5 Å². The van der Waals surface area contributed by atoms with Gasteiger partial charge in [-0.15, -0.1) is 0 Å². The Morgan fingerprint density at radius 2 is 1.74 bits per heavy atom. The van der Waals surface area contributed by atoms with Gasteiger partial charge in [0.2, 0.25) is 0 Å². The number of carboxylic acid groups (broad SMARTS) is 1. The zero-order chi connectivity index (χ0) is 17.3. The van der Waals surface area contributed by atoms with Crippen LogP contribution in [0.4, 0.5) is 0 Å². The fourth-order valence-corrected chi connectivity index (χ4v) is 2.15. The second kappa shape index (κ2) is 5.99. The maximum atomic E-state index is 11.8. The van der Waals surface area contributed by atoms with Gasteiger partial charge in [-0.25, -0.2) is 9.78 Å². The summed E-state index contributed by atoms with van der Waals surface area (Å²) >= 11 is 0. The zero-order valence-electron chi connectivity index (χ0n) is 13.2. The Morgan fingerprint density at radius 3 is 2.35 bits per heavy atom. The number of aromatic nitrogens is 4. The summed E-state index contributed by atoms with van der Waals surface area (Å²) in [5, 5.41) is 7.42. The number of fused-ring (bicyclic) bond motifs is 2. The summed E-state index contributed by atoms with van der Waals surface area (Å²) in [6.45, 7) is 5.08. The van der Waals surface area contributed by atoms with Crippen LogP contribution in [0.2, 0.25) is 0 Å². The molecule has 0 aromatic heterocycles. The largest absolute Gasteiger partial charge is 0.481 e. The molecule has 2 N–H and O–H groups in total. The number of hydrogen-bond donors (Lipinski definition) is 2. The number of carbonyl (C=O) groups is 1. The highest BCUT2D eigenvalue weighted by atomic mass is 16.4. The van der Waals surface area contributed by atoms with E-state index in [1.165, 1.54) is 0 Å². The van der Waals surface area contributed by atoms with Crippen LogP contribution in [-0.2, 0) is 11.8 Å². The van der Waals surface area contributed by atoms with Gasteiger partial charge in [0.1, 0.15) is 0 Å². The van der Waals surface area contributed by atoms with Gasteiger partial charge in [-0.05, 0) is 37.1 Å². The topological polar surface area (TPSA) is 118 Å². The lowest BCUT2D eigenvalue weighted by Gasteiger charge is -2.13. The lowest BCUT2D eigenvalue weighted by Crippen LogP contribution is -2.28. The van der Waals surface area contributed by atoms with E-state index in [0.29, 0.717) is 11.3 Å². The SMILES string of the molecule is CC(=O)O.Cc1cc2nc3c(=O)[nH]c(=O)nc-3n(C)c2cc1C. The molecule has 0 bridgehead atoms. The first-order chi connectivity index (χ1) is 10.7. The summed E-state index contributed by atoms with van der Waals surface area (Å²) in [6.07, 6.45) is 0. The molecule has 1 aromatic carbocycles. The van der Waals surface area contributed by atoms with Gasteiger partial charge < -0.3 is 9.67 Å². The van der Waals surface area contributed by atoms with Gasteiger partial charge in [0.25, 0.3) is 11.5 Å². The van der Waals surface area contributed by atoms with E-state index in [4.69, 9.17) is 9.90 Å². The molecule has 1 aromatic rings. The number of aryl methyl sites for hydroxylation is 3. The smallest absolute Gasteiger partial charge is 0.349 e. The molecule has 0 spiro atoms. The average Bonchev–Trinajstić information content (AvgIpc) is 2.42. The minimum atomic E-state index is -0.833. The molecule has 8 heteroatoms. The second-order valence-electron chi connectivity index (χ2n) is 5.16. The normalized spacial score (nSPS) is 10.4. The Morgan fingerprint density at radius 1 is 1.17 bits per heavy atom. The molecule has 120 valence electrons. The van der Waals surface area contributed by atoms with Crippen molar-refractivity contribution < 1.29 is 9.90 Å². The number of aromatic amines is 1. The van der Waals surface area contributed by atoms with E-state index in [1.807, 2.05) is 26.0 Å². The van der Waals surface area contributed by atoms with Crippen molar-refractivity contribution in [2.45, 2.75) is 20.8 Å². The van der Waals surface area contributed by atoms with E-state index in [2.05, 4.69) is 15.0 Å². The van der Waals surface area contributed by atoms with Crippen LogP contribution in [0.15, 0.2) is 21.7 Å². The molecule has 2 aliphatic heterocycles. The van der Waals surface area contributed by atoms with Crippen molar-refractivity contribution in [1.29, 1.82) is 0 Å². The molecular formula is C15H16N4O4. The molecule has 0 aliphatic carbocycles. The van der Waals surface area contributed by atoms with Gasteiger partial charge in [-0.3, -0.25) is 14.6 Å². The third-order valence-corrected chi connectivity index (χ3v) is 3.36. The molecule has 2 heterocycles. The van der Waals surface area contributed by atoms with E-state index in [0.717, 1.165) is 23.6 Å². The summed E-state index contributed by atoms with van der Waals surface area (Å²) in [7, 11) is 1.77. The Bertz CT molecular complexity index is 983. The number of carboxylic acids is 1. The number of benzene rings is 1. The van der Waals surface area contributed by atoms with Crippen LogP contribution in [0.25, 0.3) is 22.6 Å². The van der Waals surface area contributed by atoms with Crippen molar-refractivity contribution in [3.8, 4) is 11.5 Å². The van der Waals surface area contributed by atoms with E-state index < -0.39 is 17.2 Å². The lowest BCUT2D eigenvalue weighted by atomic mass is 10.1. The van der Waals surface area contributed by atoms with Gasteiger partial charge in [0, 0.05) is 14.0 Å². The number of hydrogen-bond acceptors (Lipinski definition) is 5. The molecule has 0 saturated carbocycles. The molecule has 0 fully saturated rings. The van der Waals surface area contributed by atoms with Crippen molar-refractivity contribution >= 4 is 17.0 Å². The Balaban J connectivity index is 0.000000433. The Labute approximate surface area is 130 Å². The number of aliphatic carboxylic acids is 1. The molecule has 8 nitrogen and oxygen atoms in total. The van der Waals surface area contributed by atoms with E-state index in [1.54, 1.807) is 11.6 Å². The summed E-state index contributed by atoms with van der Waals surface area (Å²) in [5.74, 6) is -0.537. The van der Waals surface area contributed by atoms with Crippen molar-refractivity contribution in [1.82, 2.24) is 19.5 Å². The third kappa shape index (κ3) is 3.25. The van der Waals surface area contributed by atoms with E-state index >= 15 is 0 Å². The summed E-state index contributed by atoms with van der Waals surface area (Å²) in [6, 6.07) is 3.90. The van der Waals surface area contributed by atoms with Crippen molar-refractivity contribution in [2.24, 2.45) is 7.05 Å². The Kier molecular flexibility index (Phi) is 4.26. The molecule has 0 radical (unpaired) electrons. The average molecular weight is 316 g/mol. The maximum absolute atomic E-state index is 11.8. The van der Waals surface area contributed by atoms with Crippen LogP contribution in [-0.4, -0.2) is 30.6 Å². The van der Waals surface area contributed by atoms with Crippen LogP contribution >= 0.6 is 0 Å². The first-order valence-electron chi connectivity index (χ1n) is 6.78. The fourth-order valence-electron chi connectivity index (χ4n) is 2.15. The molecular weight excluding hydrogens is 300 g/mol. The molecule has 0 amide bonds. The van der Waals surface area contributed by atoms with Crippen LogP contribution < -0.4 is 11.2 Å². The standard InChI is InChI=1S/C13H12N4O2.C2H4O2/c1-6-4-8-9(5-7(6)2)17(3)11-10(14-8)12(18)16-13(19)15-11;1-2(3)4/h4-5H,1-3H3,(H,16,18,19);1H3,(H,3,4). The van der Waals surface area contributed by atoms with Crippen LogP contribution in [0.5, 0.6) is 0 Å². The summed E-state index contributed by atoms with van der Waals surface area (Å²) in [5.41, 5.74) is 2.79. The molecule has 0 atom stereocenters. The lowest BCUT2D eigenvalue weighted by molar-refractivity contribution is -0.134. The fraction of sp³-hybridized carbons (Fsp3) is 0.267. The van der Waals surface area contributed by atoms with E-state index in [-0.39, 0.29) is 5.69 Å². The Hall–Kier alpha value is -3.03. The van der Waals surface area contributed by atoms with Crippen LogP contribution in [0.3, 0.4) is 0 Å². The number of rotatable bonds is 0. The quantitative estimate of drug-likeness (QED) is 0.593. The minimum Gasteiger partial charge on any atom is -0.481 e. The number of nitrogens with one attached hydrogen (secondary N) is 1. The first kappa shape index (κ1) is 16.3. The number of H-pyrrole nitrogens is 1. The molecule has 2 aliphatic rings. The summed E-state index contributed by atoms with van der Waals surface area (Å²) < 4.78 is 1.72. The monoisotopic (exact) mass is 316 g/mol. The van der Waals surface area contributed by atoms with Gasteiger partial charge in [-0.2, -0.15) is 4.98 Å². The molecule has 23 heavy (non-hydrogen) atoms. The van der Waals surface area contributed by atoms with Crippen molar-refractivity contribution in [3.05, 3.63) is 44.1 Å². The number of nitrogens with zero attached hydrogens (tertiary/aromatic N) is 3. The maximum Gasteiger partial charge on any atom is 0.349 e. The van der Waals surface area contributed by atoms with E-state index in [9.17, 15) is 9.59 Å². The molecule has 3 rings (SSSR count). The van der Waals surface area contributed by atoms with Crippen molar-refractivity contribution in [3.63, 3.8) is 0 Å². The first-order valence-corrected chi connectivity index (χ1v) is 6.78. The second-order valence-corrected chi connectivity index (χ2v) is 5.16.